The monoisotopic (exact) mass is 443 g/mol. The van der Waals surface area contributed by atoms with Gasteiger partial charge in [0, 0.05) is 30.6 Å². The fourth-order valence-electron chi connectivity index (χ4n) is 3.32. The second-order valence-electron chi connectivity index (χ2n) is 7.48. The largest absolute Gasteiger partial charge is 0.497 e. The first kappa shape index (κ1) is 22.0. The average molecular weight is 444 g/mol. The number of methoxy groups -OCH3 is 1. The molecule has 1 amide bonds. The van der Waals surface area contributed by atoms with Gasteiger partial charge in [0.15, 0.2) is 0 Å². The van der Waals surface area contributed by atoms with Crippen molar-refractivity contribution >= 4 is 11.6 Å². The molecule has 4 aromatic rings. The van der Waals surface area contributed by atoms with Crippen LogP contribution in [0, 0.1) is 13.8 Å². The third-order valence-electron chi connectivity index (χ3n) is 5.03. The van der Waals surface area contributed by atoms with Crippen molar-refractivity contribution in [3.05, 3.63) is 84.2 Å². The smallest absolute Gasteiger partial charge is 0.224 e. The quantitative estimate of drug-likeness (QED) is 0.426. The predicted octanol–water partition coefficient (Wildman–Crippen LogP) is 4.65. The van der Waals surface area contributed by atoms with Gasteiger partial charge in [-0.25, -0.2) is 9.97 Å². The fraction of sp³-hybridized carbons (Fsp3) is 0.200. The van der Waals surface area contributed by atoms with Crippen LogP contribution in [0.15, 0.2) is 67.0 Å². The maximum absolute atomic E-state index is 12.3. The van der Waals surface area contributed by atoms with Crippen LogP contribution in [-0.2, 0) is 11.2 Å². The van der Waals surface area contributed by atoms with Crippen LogP contribution in [0.2, 0.25) is 0 Å². The highest BCUT2D eigenvalue weighted by atomic mass is 16.5. The van der Waals surface area contributed by atoms with Gasteiger partial charge in [0.25, 0.3) is 0 Å². The molecule has 0 fully saturated rings. The van der Waals surface area contributed by atoms with Gasteiger partial charge < -0.3 is 14.8 Å². The Hall–Kier alpha value is -4.20. The van der Waals surface area contributed by atoms with Crippen molar-refractivity contribution in [2.75, 3.05) is 12.4 Å². The number of carbonyl (C=O) groups excluding carboxylic acids is 1. The minimum absolute atomic E-state index is 0.0498. The fourth-order valence-corrected chi connectivity index (χ4v) is 3.32. The number of nitrogens with one attached hydrogen (secondary N) is 1. The third kappa shape index (κ3) is 5.74. The summed E-state index contributed by atoms with van der Waals surface area (Å²) in [6, 6.07) is 16.7. The summed E-state index contributed by atoms with van der Waals surface area (Å²) in [6.45, 7) is 3.72. The van der Waals surface area contributed by atoms with Crippen LogP contribution in [0.4, 0.5) is 5.69 Å². The van der Waals surface area contributed by atoms with Crippen molar-refractivity contribution in [1.29, 1.82) is 0 Å². The Labute approximate surface area is 192 Å². The van der Waals surface area contributed by atoms with Gasteiger partial charge in [0.2, 0.25) is 11.8 Å². The van der Waals surface area contributed by atoms with Gasteiger partial charge >= 0.3 is 0 Å². The molecule has 0 aliphatic carbocycles. The highest BCUT2D eigenvalue weighted by Crippen LogP contribution is 2.23. The molecule has 0 aliphatic rings. The number of imidazole rings is 1. The van der Waals surface area contributed by atoms with Crippen LogP contribution >= 0.6 is 0 Å². The van der Waals surface area contributed by atoms with Crippen LogP contribution in [0.3, 0.4) is 0 Å². The number of rotatable bonds is 8. The number of hydrogen-bond donors (Lipinski definition) is 1. The van der Waals surface area contributed by atoms with Crippen LogP contribution in [0.25, 0.3) is 5.82 Å². The van der Waals surface area contributed by atoms with E-state index in [1.807, 2.05) is 48.9 Å². The summed E-state index contributed by atoms with van der Waals surface area (Å²) in [5.41, 5.74) is 1.79. The SMILES string of the molecule is COc1ccc(CCC(=O)Nc2ccc(Oc3cc(-n4ccnc4C)nc(C)n3)cc2)cc1. The Morgan fingerprint density at radius 1 is 1.00 bits per heavy atom. The topological polar surface area (TPSA) is 91.2 Å². The van der Waals surface area contributed by atoms with E-state index >= 15 is 0 Å². The van der Waals surface area contributed by atoms with Crippen molar-refractivity contribution in [2.24, 2.45) is 0 Å². The van der Waals surface area contributed by atoms with Gasteiger partial charge in [0.1, 0.15) is 29.0 Å². The molecule has 0 radical (unpaired) electrons. The molecule has 2 heterocycles. The summed E-state index contributed by atoms with van der Waals surface area (Å²) in [5, 5.41) is 2.91. The summed E-state index contributed by atoms with van der Waals surface area (Å²) in [7, 11) is 1.63. The lowest BCUT2D eigenvalue weighted by Crippen LogP contribution is -2.12. The summed E-state index contributed by atoms with van der Waals surface area (Å²) < 4.78 is 12.9. The van der Waals surface area contributed by atoms with E-state index in [2.05, 4.69) is 20.3 Å². The van der Waals surface area contributed by atoms with Gasteiger partial charge in [-0.05, 0) is 62.2 Å². The number of amides is 1. The van der Waals surface area contributed by atoms with Crippen LogP contribution in [0.1, 0.15) is 23.6 Å². The van der Waals surface area contributed by atoms with Crippen molar-refractivity contribution in [1.82, 2.24) is 19.5 Å². The molecule has 0 atom stereocenters. The number of carbonyl (C=O) groups is 1. The van der Waals surface area contributed by atoms with E-state index in [4.69, 9.17) is 9.47 Å². The Morgan fingerprint density at radius 3 is 2.39 bits per heavy atom. The molecule has 0 aliphatic heterocycles. The predicted molar refractivity (Wildman–Crippen MR) is 125 cm³/mol. The number of aryl methyl sites for hydroxylation is 3. The number of benzene rings is 2. The van der Waals surface area contributed by atoms with Crippen LogP contribution in [-0.4, -0.2) is 32.5 Å². The highest BCUT2D eigenvalue weighted by molar-refractivity contribution is 5.90. The second-order valence-corrected chi connectivity index (χ2v) is 7.48. The molecule has 0 unspecified atom stereocenters. The Bertz CT molecular complexity index is 1230. The van der Waals surface area contributed by atoms with E-state index in [0.29, 0.717) is 41.8 Å². The van der Waals surface area contributed by atoms with E-state index in [1.54, 1.807) is 43.6 Å². The lowest BCUT2D eigenvalue weighted by Gasteiger charge is -2.10. The number of hydrogen-bond acceptors (Lipinski definition) is 6. The Morgan fingerprint density at radius 2 is 1.73 bits per heavy atom. The van der Waals surface area contributed by atoms with Crippen LogP contribution in [0.5, 0.6) is 17.4 Å². The van der Waals surface area contributed by atoms with E-state index in [0.717, 1.165) is 17.1 Å². The maximum atomic E-state index is 12.3. The van der Waals surface area contributed by atoms with Crippen molar-refractivity contribution in [3.63, 3.8) is 0 Å². The van der Waals surface area contributed by atoms with Crippen LogP contribution < -0.4 is 14.8 Å². The van der Waals surface area contributed by atoms with Gasteiger partial charge in [-0.2, -0.15) is 4.98 Å². The molecule has 2 aromatic carbocycles. The van der Waals surface area contributed by atoms with E-state index in [1.165, 1.54) is 0 Å². The molecule has 8 nitrogen and oxygen atoms in total. The molecular formula is C25H25N5O3. The first-order valence-corrected chi connectivity index (χ1v) is 10.6. The molecule has 8 heteroatoms. The lowest BCUT2D eigenvalue weighted by atomic mass is 10.1. The van der Waals surface area contributed by atoms with E-state index < -0.39 is 0 Å². The number of ether oxygens (including phenoxy) is 2. The zero-order chi connectivity index (χ0) is 23.2. The summed E-state index contributed by atoms with van der Waals surface area (Å²) in [5.74, 6) is 3.90. The Balaban J connectivity index is 1.35. The minimum atomic E-state index is -0.0498. The number of aromatic nitrogens is 4. The van der Waals surface area contributed by atoms with E-state index in [9.17, 15) is 4.79 Å². The maximum Gasteiger partial charge on any atom is 0.224 e. The molecule has 0 saturated carbocycles. The first-order valence-electron chi connectivity index (χ1n) is 10.6. The molecule has 0 spiro atoms. The molecule has 0 bridgehead atoms. The second kappa shape index (κ2) is 9.95. The van der Waals surface area contributed by atoms with Crippen molar-refractivity contribution in [3.8, 4) is 23.2 Å². The van der Waals surface area contributed by atoms with Gasteiger partial charge in [-0.1, -0.05) is 12.1 Å². The zero-order valence-corrected chi connectivity index (χ0v) is 18.8. The molecule has 0 saturated heterocycles. The lowest BCUT2D eigenvalue weighted by molar-refractivity contribution is -0.116. The highest BCUT2D eigenvalue weighted by Gasteiger charge is 2.09. The standard InChI is InChI=1S/C25H25N5O3/c1-17-27-23(30-15-14-26-18(30)2)16-25(28-17)33-22-11-7-20(8-12-22)29-24(31)13-6-19-4-9-21(32-3)10-5-19/h4-5,7-12,14-16H,6,13H2,1-3H3,(H,29,31). The third-order valence-corrected chi connectivity index (χ3v) is 5.03. The summed E-state index contributed by atoms with van der Waals surface area (Å²) in [4.78, 5) is 25.3. The van der Waals surface area contributed by atoms with E-state index in [-0.39, 0.29) is 5.91 Å². The summed E-state index contributed by atoms with van der Waals surface area (Å²) >= 11 is 0. The average Bonchev–Trinajstić information content (AvgIpc) is 3.25. The van der Waals surface area contributed by atoms with Gasteiger partial charge in [0.05, 0.1) is 7.11 Å². The van der Waals surface area contributed by atoms with Gasteiger partial charge in [-0.3, -0.25) is 9.36 Å². The molecule has 1 N–H and O–H groups in total. The molecule has 4 rings (SSSR count). The molecule has 168 valence electrons. The summed E-state index contributed by atoms with van der Waals surface area (Å²) in [6.07, 6.45) is 4.61. The molecule has 33 heavy (non-hydrogen) atoms. The Kier molecular flexibility index (Phi) is 6.64. The first-order chi connectivity index (χ1) is 16.0. The minimum Gasteiger partial charge on any atom is -0.497 e. The molecular weight excluding hydrogens is 418 g/mol. The van der Waals surface area contributed by atoms with Crippen molar-refractivity contribution < 1.29 is 14.3 Å². The number of anilines is 1. The molecule has 2 aromatic heterocycles. The van der Waals surface area contributed by atoms with Crippen molar-refractivity contribution in [2.45, 2.75) is 26.7 Å². The number of nitrogens with zero attached hydrogens (tertiary/aromatic N) is 4. The zero-order valence-electron chi connectivity index (χ0n) is 18.8. The van der Waals surface area contributed by atoms with Gasteiger partial charge in [-0.15, -0.1) is 0 Å². The normalized spacial score (nSPS) is 10.6.